The Hall–Kier alpha value is -2.77. The molecule has 0 bridgehead atoms. The summed E-state index contributed by atoms with van der Waals surface area (Å²) >= 11 is 12.2. The fourth-order valence-electron chi connectivity index (χ4n) is 3.64. The van der Waals surface area contributed by atoms with E-state index in [-0.39, 0.29) is 18.6 Å². The zero-order chi connectivity index (χ0) is 21.1. The number of hydrogen-bond donors (Lipinski definition) is 1. The van der Waals surface area contributed by atoms with Crippen LogP contribution in [0.5, 0.6) is 5.88 Å². The Morgan fingerprint density at radius 3 is 2.80 bits per heavy atom. The molecular weight excluding hydrogens is 425 g/mol. The van der Waals surface area contributed by atoms with Gasteiger partial charge in [0.25, 0.3) is 0 Å². The van der Waals surface area contributed by atoms with Crippen LogP contribution in [0.2, 0.25) is 10.0 Å². The number of hydrogen-bond acceptors (Lipinski definition) is 5. The van der Waals surface area contributed by atoms with E-state index in [9.17, 15) is 4.79 Å². The summed E-state index contributed by atoms with van der Waals surface area (Å²) in [5, 5.41) is 1.18. The molecule has 7 nitrogen and oxygen atoms in total. The number of imidazole rings is 1. The van der Waals surface area contributed by atoms with E-state index in [1.165, 1.54) is 0 Å². The standard InChI is InChI=1S/C21H21Cl2N5O2/c22-15-9-14(10-16(23)11-15)12-27-8-6-25-19(27)13-30-20-5-1-4-18(26-20)28-7-2-3-17(28)21(24)29/h1,4-6,8-11,17H,2-3,7,12-13H2,(H2,24,29). The lowest BCUT2D eigenvalue weighted by Gasteiger charge is -2.23. The van der Waals surface area contributed by atoms with Crippen LogP contribution in [0.4, 0.5) is 5.82 Å². The number of ether oxygens (including phenoxy) is 1. The summed E-state index contributed by atoms with van der Waals surface area (Å²) in [6, 6.07) is 10.6. The molecule has 0 spiro atoms. The molecule has 9 heteroatoms. The van der Waals surface area contributed by atoms with E-state index in [1.54, 1.807) is 18.3 Å². The van der Waals surface area contributed by atoms with Crippen molar-refractivity contribution in [2.75, 3.05) is 11.4 Å². The predicted octanol–water partition coefficient (Wildman–Crippen LogP) is 3.67. The molecule has 1 aromatic carbocycles. The second-order valence-electron chi connectivity index (χ2n) is 7.13. The highest BCUT2D eigenvalue weighted by Gasteiger charge is 2.30. The molecule has 0 saturated carbocycles. The second-order valence-corrected chi connectivity index (χ2v) is 8.00. The van der Waals surface area contributed by atoms with E-state index < -0.39 is 0 Å². The number of amides is 1. The SMILES string of the molecule is NC(=O)C1CCCN1c1cccc(OCc2nccn2Cc2cc(Cl)cc(Cl)c2)n1. The number of benzene rings is 1. The van der Waals surface area contributed by atoms with Crippen molar-refractivity contribution in [3.63, 3.8) is 0 Å². The van der Waals surface area contributed by atoms with Gasteiger partial charge in [-0.2, -0.15) is 4.98 Å². The minimum absolute atomic E-state index is 0.247. The van der Waals surface area contributed by atoms with E-state index in [0.717, 1.165) is 30.8 Å². The Morgan fingerprint density at radius 1 is 1.23 bits per heavy atom. The molecule has 1 amide bonds. The van der Waals surface area contributed by atoms with Crippen molar-refractivity contribution in [2.24, 2.45) is 5.73 Å². The van der Waals surface area contributed by atoms with Gasteiger partial charge in [-0.15, -0.1) is 0 Å². The van der Waals surface area contributed by atoms with E-state index in [1.807, 2.05) is 39.9 Å². The number of carbonyl (C=O) groups is 1. The zero-order valence-electron chi connectivity index (χ0n) is 16.2. The number of halogens is 2. The molecule has 156 valence electrons. The lowest BCUT2D eigenvalue weighted by atomic mass is 10.2. The van der Waals surface area contributed by atoms with Crippen molar-refractivity contribution in [1.29, 1.82) is 0 Å². The van der Waals surface area contributed by atoms with Crippen LogP contribution >= 0.6 is 23.2 Å². The molecule has 3 aromatic rings. The largest absolute Gasteiger partial charge is 0.469 e. The van der Waals surface area contributed by atoms with Crippen LogP contribution in [0.3, 0.4) is 0 Å². The van der Waals surface area contributed by atoms with Gasteiger partial charge in [0.15, 0.2) is 0 Å². The molecule has 2 N–H and O–H groups in total. The summed E-state index contributed by atoms with van der Waals surface area (Å²) < 4.78 is 7.85. The van der Waals surface area contributed by atoms with Crippen LogP contribution in [-0.4, -0.2) is 33.0 Å². The first kappa shape index (κ1) is 20.5. The fourth-order valence-corrected chi connectivity index (χ4v) is 4.21. The number of pyridine rings is 1. The molecule has 1 saturated heterocycles. The highest BCUT2D eigenvalue weighted by Crippen LogP contribution is 2.25. The molecular formula is C21H21Cl2N5O2. The van der Waals surface area contributed by atoms with Crippen LogP contribution in [0.1, 0.15) is 24.2 Å². The van der Waals surface area contributed by atoms with Crippen molar-refractivity contribution < 1.29 is 9.53 Å². The van der Waals surface area contributed by atoms with Gasteiger partial charge in [-0.05, 0) is 42.7 Å². The van der Waals surface area contributed by atoms with E-state index in [0.29, 0.717) is 28.3 Å². The third-order valence-corrected chi connectivity index (χ3v) is 5.45. The Kier molecular flexibility index (Phi) is 6.11. The average Bonchev–Trinajstić information content (AvgIpc) is 3.35. The van der Waals surface area contributed by atoms with Crippen LogP contribution in [0, 0.1) is 0 Å². The number of anilines is 1. The number of nitrogens with zero attached hydrogens (tertiary/aromatic N) is 4. The first-order valence-electron chi connectivity index (χ1n) is 9.60. The number of nitrogens with two attached hydrogens (primary N) is 1. The molecule has 1 unspecified atom stereocenters. The van der Waals surface area contributed by atoms with Crippen LogP contribution in [0.15, 0.2) is 48.8 Å². The number of aromatic nitrogens is 3. The third-order valence-electron chi connectivity index (χ3n) is 5.01. The van der Waals surface area contributed by atoms with Gasteiger partial charge in [0.1, 0.15) is 24.3 Å². The van der Waals surface area contributed by atoms with Crippen molar-refractivity contribution in [3.05, 3.63) is 70.2 Å². The maximum atomic E-state index is 11.7. The first-order valence-corrected chi connectivity index (χ1v) is 10.4. The van der Waals surface area contributed by atoms with Gasteiger partial charge < -0.3 is 19.9 Å². The summed E-state index contributed by atoms with van der Waals surface area (Å²) in [6.07, 6.45) is 5.24. The Bertz CT molecular complexity index is 1040. The predicted molar refractivity (Wildman–Crippen MR) is 116 cm³/mol. The number of rotatable bonds is 7. The molecule has 30 heavy (non-hydrogen) atoms. The molecule has 3 heterocycles. The third kappa shape index (κ3) is 4.68. The molecule has 1 aliphatic heterocycles. The number of primary amides is 1. The van der Waals surface area contributed by atoms with Gasteiger partial charge in [0, 0.05) is 41.6 Å². The second kappa shape index (κ2) is 8.93. The Balaban J connectivity index is 1.45. The first-order chi connectivity index (χ1) is 14.5. The molecule has 4 rings (SSSR count). The molecule has 2 aromatic heterocycles. The highest BCUT2D eigenvalue weighted by molar-refractivity contribution is 6.34. The minimum atomic E-state index is -0.330. The maximum absolute atomic E-state index is 11.7. The molecule has 1 atom stereocenters. The van der Waals surface area contributed by atoms with E-state index in [2.05, 4.69) is 9.97 Å². The van der Waals surface area contributed by atoms with Crippen molar-refractivity contribution in [3.8, 4) is 5.88 Å². The van der Waals surface area contributed by atoms with Gasteiger partial charge in [-0.25, -0.2) is 4.98 Å². The smallest absolute Gasteiger partial charge is 0.240 e. The van der Waals surface area contributed by atoms with Crippen LogP contribution < -0.4 is 15.4 Å². The number of carbonyl (C=O) groups excluding carboxylic acids is 1. The lowest BCUT2D eigenvalue weighted by Crippen LogP contribution is -2.40. The molecule has 1 aliphatic rings. The summed E-state index contributed by atoms with van der Waals surface area (Å²) in [7, 11) is 0. The fraction of sp³-hybridized carbons (Fsp3) is 0.286. The summed E-state index contributed by atoms with van der Waals surface area (Å²) in [6.45, 7) is 1.56. The van der Waals surface area contributed by atoms with E-state index >= 15 is 0 Å². The monoisotopic (exact) mass is 445 g/mol. The van der Waals surface area contributed by atoms with Crippen molar-refractivity contribution in [2.45, 2.75) is 32.0 Å². The molecule has 1 fully saturated rings. The molecule has 0 radical (unpaired) electrons. The highest BCUT2D eigenvalue weighted by atomic mass is 35.5. The topological polar surface area (TPSA) is 86.3 Å². The zero-order valence-corrected chi connectivity index (χ0v) is 17.7. The normalized spacial score (nSPS) is 16.1. The summed E-state index contributed by atoms with van der Waals surface area (Å²) in [5.74, 6) is 1.56. The van der Waals surface area contributed by atoms with Crippen molar-refractivity contribution >= 4 is 34.9 Å². The Morgan fingerprint density at radius 2 is 2.03 bits per heavy atom. The Labute approximate surface area is 184 Å². The van der Waals surface area contributed by atoms with Crippen LogP contribution in [-0.2, 0) is 17.9 Å². The van der Waals surface area contributed by atoms with Gasteiger partial charge >= 0.3 is 0 Å². The van der Waals surface area contributed by atoms with Crippen molar-refractivity contribution in [1.82, 2.24) is 14.5 Å². The van der Waals surface area contributed by atoms with Gasteiger partial charge in [-0.1, -0.05) is 29.3 Å². The lowest BCUT2D eigenvalue weighted by molar-refractivity contribution is -0.119. The minimum Gasteiger partial charge on any atom is -0.469 e. The molecule has 0 aliphatic carbocycles. The van der Waals surface area contributed by atoms with E-state index in [4.69, 9.17) is 33.7 Å². The van der Waals surface area contributed by atoms with Gasteiger partial charge in [-0.3, -0.25) is 4.79 Å². The van der Waals surface area contributed by atoms with Gasteiger partial charge in [0.05, 0.1) is 0 Å². The maximum Gasteiger partial charge on any atom is 0.240 e. The average molecular weight is 446 g/mol. The quantitative estimate of drug-likeness (QED) is 0.599. The van der Waals surface area contributed by atoms with Gasteiger partial charge in [0.2, 0.25) is 11.8 Å². The summed E-state index contributed by atoms with van der Waals surface area (Å²) in [5.41, 5.74) is 6.49. The van der Waals surface area contributed by atoms with Crippen LogP contribution in [0.25, 0.3) is 0 Å². The summed E-state index contributed by atoms with van der Waals surface area (Å²) in [4.78, 5) is 22.5.